The van der Waals surface area contributed by atoms with E-state index in [4.69, 9.17) is 15.3 Å². The first kappa shape index (κ1) is 15.8. The predicted molar refractivity (Wildman–Crippen MR) is 63.1 cm³/mol. The molecule has 4 N–H and O–H groups in total. The summed E-state index contributed by atoms with van der Waals surface area (Å²) in [5.41, 5.74) is 0. The van der Waals surface area contributed by atoms with E-state index >= 15 is 0 Å². The van der Waals surface area contributed by atoms with Gasteiger partial charge in [-0.2, -0.15) is 0 Å². The van der Waals surface area contributed by atoms with Gasteiger partial charge >= 0.3 is 0 Å². The van der Waals surface area contributed by atoms with Crippen molar-refractivity contribution in [1.82, 2.24) is 0 Å². The molecule has 4 nitrogen and oxygen atoms in total. The minimum absolute atomic E-state index is 0.112. The monoisotopic (exact) mass is 234 g/mol. The number of rotatable bonds is 11. The van der Waals surface area contributed by atoms with Crippen LogP contribution in [-0.4, -0.2) is 46.4 Å². The molecule has 0 saturated carbocycles. The quantitative estimate of drug-likeness (QED) is 0.396. The van der Waals surface area contributed by atoms with E-state index in [2.05, 4.69) is 0 Å². The van der Waals surface area contributed by atoms with E-state index in [1.165, 1.54) is 0 Å². The average molecular weight is 234 g/mol. The Labute approximate surface area is 97.9 Å². The summed E-state index contributed by atoms with van der Waals surface area (Å²) in [4.78, 5) is 0. The second-order valence-corrected chi connectivity index (χ2v) is 4.28. The topological polar surface area (TPSA) is 80.9 Å². The lowest BCUT2D eigenvalue weighted by atomic mass is 9.89. The molecule has 0 aromatic rings. The lowest BCUT2D eigenvalue weighted by molar-refractivity contribution is 0.0748. The van der Waals surface area contributed by atoms with Crippen molar-refractivity contribution in [2.45, 2.75) is 51.0 Å². The van der Waals surface area contributed by atoms with Crippen LogP contribution in [0.3, 0.4) is 0 Å². The van der Waals surface area contributed by atoms with Crippen LogP contribution in [0.1, 0.15) is 44.9 Å². The summed E-state index contributed by atoms with van der Waals surface area (Å²) in [5.74, 6) is 0.185. The molecule has 0 aliphatic rings. The summed E-state index contributed by atoms with van der Waals surface area (Å²) >= 11 is 0. The van der Waals surface area contributed by atoms with Crippen LogP contribution in [0.4, 0.5) is 0 Å². The third kappa shape index (κ3) is 8.05. The Morgan fingerprint density at radius 3 is 1.69 bits per heavy atom. The van der Waals surface area contributed by atoms with Crippen LogP contribution in [0.2, 0.25) is 0 Å². The maximum Gasteiger partial charge on any atom is 0.0569 e. The molecule has 0 saturated heterocycles. The van der Waals surface area contributed by atoms with Gasteiger partial charge in [0.1, 0.15) is 0 Å². The van der Waals surface area contributed by atoms with Gasteiger partial charge in [-0.3, -0.25) is 0 Å². The number of aliphatic hydroxyl groups excluding tert-OH is 4. The summed E-state index contributed by atoms with van der Waals surface area (Å²) in [7, 11) is 0. The van der Waals surface area contributed by atoms with Crippen molar-refractivity contribution in [1.29, 1.82) is 0 Å². The molecule has 98 valence electrons. The van der Waals surface area contributed by atoms with Crippen molar-refractivity contribution in [2.75, 3.05) is 19.8 Å². The summed E-state index contributed by atoms with van der Waals surface area (Å²) in [6.07, 6.45) is 4.92. The highest BCUT2D eigenvalue weighted by atomic mass is 16.3. The Morgan fingerprint density at radius 2 is 1.12 bits per heavy atom. The van der Waals surface area contributed by atoms with E-state index in [0.717, 1.165) is 25.7 Å². The molecule has 0 aromatic carbocycles. The zero-order chi connectivity index (χ0) is 12.2. The Bertz CT molecular complexity index is 141. The SMILES string of the molecule is OCCCCC(CCCO)C(O)CCCO. The summed E-state index contributed by atoms with van der Waals surface area (Å²) < 4.78 is 0. The standard InChI is InChI=1S/C12H26O4/c13-8-2-1-5-11(6-3-9-14)12(16)7-4-10-15/h11-16H,1-10H2. The Hall–Kier alpha value is -0.160. The molecular weight excluding hydrogens is 208 g/mol. The van der Waals surface area contributed by atoms with E-state index < -0.39 is 6.10 Å². The second-order valence-electron chi connectivity index (χ2n) is 4.28. The Morgan fingerprint density at radius 1 is 0.625 bits per heavy atom. The van der Waals surface area contributed by atoms with Gasteiger partial charge < -0.3 is 20.4 Å². The lowest BCUT2D eigenvalue weighted by Gasteiger charge is -2.22. The minimum atomic E-state index is -0.391. The van der Waals surface area contributed by atoms with Gasteiger partial charge in [0.25, 0.3) is 0 Å². The Kier molecular flexibility index (Phi) is 11.2. The van der Waals surface area contributed by atoms with E-state index in [-0.39, 0.29) is 25.7 Å². The van der Waals surface area contributed by atoms with Crippen LogP contribution < -0.4 is 0 Å². The maximum absolute atomic E-state index is 9.91. The summed E-state index contributed by atoms with van der Waals surface area (Å²) in [6.45, 7) is 0.461. The van der Waals surface area contributed by atoms with Crippen LogP contribution in [-0.2, 0) is 0 Å². The first-order chi connectivity index (χ1) is 7.76. The predicted octanol–water partition coefficient (Wildman–Crippen LogP) is 0.671. The molecule has 16 heavy (non-hydrogen) atoms. The molecule has 0 aliphatic heterocycles. The second kappa shape index (κ2) is 11.3. The maximum atomic E-state index is 9.91. The van der Waals surface area contributed by atoms with Gasteiger partial charge in [0.2, 0.25) is 0 Å². The van der Waals surface area contributed by atoms with Crippen molar-refractivity contribution in [3.05, 3.63) is 0 Å². The van der Waals surface area contributed by atoms with Gasteiger partial charge in [-0.05, 0) is 44.4 Å². The van der Waals surface area contributed by atoms with E-state index in [0.29, 0.717) is 19.3 Å². The lowest BCUT2D eigenvalue weighted by Crippen LogP contribution is -2.21. The molecule has 0 aromatic heterocycles. The molecular formula is C12H26O4. The fourth-order valence-electron chi connectivity index (χ4n) is 1.94. The highest BCUT2D eigenvalue weighted by Gasteiger charge is 2.17. The van der Waals surface area contributed by atoms with Gasteiger partial charge in [0.05, 0.1) is 6.10 Å². The average Bonchev–Trinajstić information content (AvgIpc) is 2.30. The summed E-state index contributed by atoms with van der Waals surface area (Å²) in [5, 5.41) is 36.1. The first-order valence-electron chi connectivity index (χ1n) is 6.26. The van der Waals surface area contributed by atoms with Gasteiger partial charge in [-0.1, -0.05) is 6.42 Å². The van der Waals surface area contributed by atoms with Gasteiger partial charge in [0, 0.05) is 19.8 Å². The molecule has 0 fully saturated rings. The van der Waals surface area contributed by atoms with Crippen LogP contribution in [0, 0.1) is 5.92 Å². The molecule has 0 aliphatic carbocycles. The zero-order valence-corrected chi connectivity index (χ0v) is 10.0. The number of aliphatic hydroxyl groups is 4. The van der Waals surface area contributed by atoms with Gasteiger partial charge in [0.15, 0.2) is 0 Å². The van der Waals surface area contributed by atoms with E-state index in [1.54, 1.807) is 0 Å². The van der Waals surface area contributed by atoms with Gasteiger partial charge in [-0.25, -0.2) is 0 Å². The Balaban J connectivity index is 3.86. The molecule has 0 heterocycles. The molecule has 4 heteroatoms. The highest BCUT2D eigenvalue weighted by Crippen LogP contribution is 2.21. The number of hydrogen-bond acceptors (Lipinski definition) is 4. The van der Waals surface area contributed by atoms with E-state index in [1.807, 2.05) is 0 Å². The largest absolute Gasteiger partial charge is 0.396 e. The normalized spacial score (nSPS) is 15.0. The van der Waals surface area contributed by atoms with E-state index in [9.17, 15) is 5.11 Å². The minimum Gasteiger partial charge on any atom is -0.396 e. The number of hydrogen-bond donors (Lipinski definition) is 4. The third-order valence-electron chi connectivity index (χ3n) is 2.92. The number of unbranched alkanes of at least 4 members (excludes halogenated alkanes) is 1. The molecule has 0 radical (unpaired) electrons. The fourth-order valence-corrected chi connectivity index (χ4v) is 1.94. The van der Waals surface area contributed by atoms with Crippen LogP contribution in [0.15, 0.2) is 0 Å². The van der Waals surface area contributed by atoms with Crippen molar-refractivity contribution in [3.63, 3.8) is 0 Å². The van der Waals surface area contributed by atoms with Crippen LogP contribution in [0.5, 0.6) is 0 Å². The fraction of sp³-hybridized carbons (Fsp3) is 1.00. The van der Waals surface area contributed by atoms with Gasteiger partial charge in [-0.15, -0.1) is 0 Å². The first-order valence-corrected chi connectivity index (χ1v) is 6.26. The molecule has 0 rings (SSSR count). The third-order valence-corrected chi connectivity index (χ3v) is 2.92. The van der Waals surface area contributed by atoms with Crippen molar-refractivity contribution in [2.24, 2.45) is 5.92 Å². The summed E-state index contributed by atoms with van der Waals surface area (Å²) in [6, 6.07) is 0. The van der Waals surface area contributed by atoms with Crippen LogP contribution in [0.25, 0.3) is 0 Å². The van der Waals surface area contributed by atoms with Crippen molar-refractivity contribution < 1.29 is 20.4 Å². The zero-order valence-electron chi connectivity index (χ0n) is 10.0. The molecule has 0 bridgehead atoms. The van der Waals surface area contributed by atoms with Crippen molar-refractivity contribution in [3.8, 4) is 0 Å². The molecule has 0 amide bonds. The molecule has 0 spiro atoms. The highest BCUT2D eigenvalue weighted by molar-refractivity contribution is 4.69. The van der Waals surface area contributed by atoms with Crippen molar-refractivity contribution >= 4 is 0 Å². The molecule has 2 unspecified atom stereocenters. The smallest absolute Gasteiger partial charge is 0.0569 e. The van der Waals surface area contributed by atoms with Crippen LogP contribution >= 0.6 is 0 Å². The molecule has 2 atom stereocenters.